The summed E-state index contributed by atoms with van der Waals surface area (Å²) in [5, 5.41) is 3.46. The minimum Gasteiger partial charge on any atom is -0.381 e. The molecule has 2 heterocycles. The van der Waals surface area contributed by atoms with Crippen LogP contribution in [-0.2, 0) is 4.74 Å². The van der Waals surface area contributed by atoms with Crippen LogP contribution in [0, 0.1) is 5.92 Å². The zero-order valence-electron chi connectivity index (χ0n) is 9.72. The Bertz CT molecular complexity index is 298. The van der Waals surface area contributed by atoms with E-state index in [1.807, 2.05) is 6.07 Å². The van der Waals surface area contributed by atoms with Crippen LogP contribution < -0.4 is 5.32 Å². The van der Waals surface area contributed by atoms with Crippen molar-refractivity contribution >= 4 is 0 Å². The first kappa shape index (κ1) is 11.5. The van der Waals surface area contributed by atoms with Gasteiger partial charge in [-0.25, -0.2) is 9.97 Å². The van der Waals surface area contributed by atoms with E-state index in [1.54, 1.807) is 12.4 Å². The Morgan fingerprint density at radius 2 is 2.31 bits per heavy atom. The molecule has 88 valence electrons. The van der Waals surface area contributed by atoms with Gasteiger partial charge in [-0.3, -0.25) is 0 Å². The quantitative estimate of drug-likeness (QED) is 0.838. The Morgan fingerprint density at radius 3 is 2.94 bits per heavy atom. The first-order valence-electron chi connectivity index (χ1n) is 6.00. The van der Waals surface area contributed by atoms with Crippen LogP contribution in [-0.4, -0.2) is 29.7 Å². The average molecular weight is 221 g/mol. The van der Waals surface area contributed by atoms with Crippen LogP contribution in [0.4, 0.5) is 0 Å². The van der Waals surface area contributed by atoms with Crippen molar-refractivity contribution in [2.24, 2.45) is 5.92 Å². The molecule has 0 aliphatic carbocycles. The summed E-state index contributed by atoms with van der Waals surface area (Å²) in [6, 6.07) is 2.08. The number of hydrogen-bond acceptors (Lipinski definition) is 4. The van der Waals surface area contributed by atoms with Crippen molar-refractivity contribution in [2.45, 2.75) is 25.8 Å². The van der Waals surface area contributed by atoms with Gasteiger partial charge in [0.25, 0.3) is 0 Å². The fraction of sp³-hybridized carbons (Fsp3) is 0.667. The normalized spacial score (nSPS) is 22.9. The molecule has 1 aliphatic heterocycles. The van der Waals surface area contributed by atoms with Crippen LogP contribution in [0.15, 0.2) is 18.5 Å². The second-order valence-electron chi connectivity index (χ2n) is 4.12. The zero-order chi connectivity index (χ0) is 11.2. The lowest BCUT2D eigenvalue weighted by molar-refractivity contribution is 0.0379. The Labute approximate surface area is 96.4 Å². The molecule has 1 aliphatic rings. The van der Waals surface area contributed by atoms with Crippen LogP contribution in [0.5, 0.6) is 0 Å². The van der Waals surface area contributed by atoms with E-state index in [4.69, 9.17) is 4.74 Å². The van der Waals surface area contributed by atoms with Gasteiger partial charge in [0, 0.05) is 24.9 Å². The van der Waals surface area contributed by atoms with Crippen molar-refractivity contribution in [3.63, 3.8) is 0 Å². The third-order valence-corrected chi connectivity index (χ3v) is 2.95. The van der Waals surface area contributed by atoms with Gasteiger partial charge in [0.05, 0.1) is 12.6 Å². The molecule has 0 bridgehead atoms. The molecule has 2 rings (SSSR count). The van der Waals surface area contributed by atoms with Crippen molar-refractivity contribution in [1.29, 1.82) is 0 Å². The minimum absolute atomic E-state index is 0.228. The number of ether oxygens (including phenoxy) is 1. The number of aromatic nitrogens is 2. The van der Waals surface area contributed by atoms with Gasteiger partial charge in [-0.05, 0) is 25.5 Å². The monoisotopic (exact) mass is 221 g/mol. The van der Waals surface area contributed by atoms with Gasteiger partial charge in [-0.1, -0.05) is 6.92 Å². The summed E-state index contributed by atoms with van der Waals surface area (Å²) < 4.78 is 5.54. The summed E-state index contributed by atoms with van der Waals surface area (Å²) in [4.78, 5) is 8.69. The first-order chi connectivity index (χ1) is 7.92. The molecule has 0 amide bonds. The molecule has 0 aromatic carbocycles. The Hall–Kier alpha value is -1.00. The molecule has 0 saturated carbocycles. The summed E-state index contributed by atoms with van der Waals surface area (Å²) in [5.41, 5.74) is 0. The highest BCUT2D eigenvalue weighted by Crippen LogP contribution is 2.26. The molecule has 0 spiro atoms. The van der Waals surface area contributed by atoms with Gasteiger partial charge < -0.3 is 10.1 Å². The standard InChI is InChI=1S/C12H19N3O/c1-2-13-11(10-5-3-8-16-9-10)12-14-6-4-7-15-12/h4,6-7,10-11,13H,2-3,5,8-9H2,1H3. The van der Waals surface area contributed by atoms with Crippen molar-refractivity contribution in [2.75, 3.05) is 19.8 Å². The highest BCUT2D eigenvalue weighted by molar-refractivity contribution is 4.99. The van der Waals surface area contributed by atoms with Crippen LogP contribution in [0.25, 0.3) is 0 Å². The summed E-state index contributed by atoms with van der Waals surface area (Å²) in [5.74, 6) is 1.39. The summed E-state index contributed by atoms with van der Waals surface area (Å²) >= 11 is 0. The molecule has 2 atom stereocenters. The molecule has 1 saturated heterocycles. The number of nitrogens with zero attached hydrogens (tertiary/aromatic N) is 2. The molecule has 1 fully saturated rings. The highest BCUT2D eigenvalue weighted by atomic mass is 16.5. The summed E-state index contributed by atoms with van der Waals surface area (Å²) in [6.07, 6.45) is 5.93. The minimum atomic E-state index is 0.228. The fourth-order valence-electron chi connectivity index (χ4n) is 2.19. The smallest absolute Gasteiger partial charge is 0.145 e. The second-order valence-corrected chi connectivity index (χ2v) is 4.12. The van der Waals surface area contributed by atoms with E-state index in [-0.39, 0.29) is 6.04 Å². The van der Waals surface area contributed by atoms with E-state index in [9.17, 15) is 0 Å². The van der Waals surface area contributed by atoms with Gasteiger partial charge in [-0.15, -0.1) is 0 Å². The molecule has 1 aromatic heterocycles. The summed E-state index contributed by atoms with van der Waals surface area (Å²) in [6.45, 7) is 4.75. The van der Waals surface area contributed by atoms with Crippen LogP contribution in [0.2, 0.25) is 0 Å². The SMILES string of the molecule is CCNC(c1ncccn1)C1CCCOC1. The maximum absolute atomic E-state index is 5.54. The van der Waals surface area contributed by atoms with E-state index in [0.29, 0.717) is 5.92 Å². The second kappa shape index (κ2) is 5.92. The van der Waals surface area contributed by atoms with Gasteiger partial charge in [0.1, 0.15) is 5.82 Å². The molecular weight excluding hydrogens is 202 g/mol. The lowest BCUT2D eigenvalue weighted by Crippen LogP contribution is -2.34. The lowest BCUT2D eigenvalue weighted by Gasteiger charge is -2.29. The molecule has 16 heavy (non-hydrogen) atoms. The van der Waals surface area contributed by atoms with Crippen LogP contribution in [0.1, 0.15) is 31.6 Å². The molecule has 4 nitrogen and oxygen atoms in total. The average Bonchev–Trinajstić information content (AvgIpc) is 2.38. The van der Waals surface area contributed by atoms with Gasteiger partial charge in [0.15, 0.2) is 0 Å². The van der Waals surface area contributed by atoms with E-state index < -0.39 is 0 Å². The predicted octanol–water partition coefficient (Wildman–Crippen LogP) is 1.55. The highest BCUT2D eigenvalue weighted by Gasteiger charge is 2.26. The van der Waals surface area contributed by atoms with Gasteiger partial charge >= 0.3 is 0 Å². The van der Waals surface area contributed by atoms with Crippen molar-refractivity contribution < 1.29 is 4.74 Å². The Kier molecular flexibility index (Phi) is 4.25. The van der Waals surface area contributed by atoms with Crippen LogP contribution in [0.3, 0.4) is 0 Å². The predicted molar refractivity (Wildman–Crippen MR) is 62.0 cm³/mol. The number of hydrogen-bond donors (Lipinski definition) is 1. The first-order valence-corrected chi connectivity index (χ1v) is 6.00. The Morgan fingerprint density at radius 1 is 1.50 bits per heavy atom. The fourth-order valence-corrected chi connectivity index (χ4v) is 2.19. The molecule has 0 radical (unpaired) electrons. The molecular formula is C12H19N3O. The van der Waals surface area contributed by atoms with Crippen LogP contribution >= 0.6 is 0 Å². The number of nitrogens with one attached hydrogen (secondary N) is 1. The van der Waals surface area contributed by atoms with Crippen molar-refractivity contribution in [1.82, 2.24) is 15.3 Å². The third-order valence-electron chi connectivity index (χ3n) is 2.95. The lowest BCUT2D eigenvalue weighted by atomic mass is 9.93. The van der Waals surface area contributed by atoms with Gasteiger partial charge in [0.2, 0.25) is 0 Å². The van der Waals surface area contributed by atoms with E-state index in [2.05, 4.69) is 22.2 Å². The molecule has 4 heteroatoms. The van der Waals surface area contributed by atoms with Crippen molar-refractivity contribution in [3.8, 4) is 0 Å². The third kappa shape index (κ3) is 2.77. The van der Waals surface area contributed by atoms with Crippen molar-refractivity contribution in [3.05, 3.63) is 24.3 Å². The maximum atomic E-state index is 5.54. The van der Waals surface area contributed by atoms with E-state index >= 15 is 0 Å². The maximum Gasteiger partial charge on any atom is 0.145 e. The molecule has 1 aromatic rings. The largest absolute Gasteiger partial charge is 0.381 e. The molecule has 2 unspecified atom stereocenters. The number of rotatable bonds is 4. The van der Waals surface area contributed by atoms with E-state index in [0.717, 1.165) is 32.0 Å². The van der Waals surface area contributed by atoms with E-state index in [1.165, 1.54) is 6.42 Å². The van der Waals surface area contributed by atoms with Gasteiger partial charge in [-0.2, -0.15) is 0 Å². The summed E-state index contributed by atoms with van der Waals surface area (Å²) in [7, 11) is 0. The molecule has 1 N–H and O–H groups in total. The zero-order valence-corrected chi connectivity index (χ0v) is 9.72. The topological polar surface area (TPSA) is 47.0 Å². The Balaban J connectivity index is 2.09.